The first-order valence-corrected chi connectivity index (χ1v) is 8.49. The van der Waals surface area contributed by atoms with E-state index >= 15 is 0 Å². The van der Waals surface area contributed by atoms with Crippen LogP contribution in [0, 0.1) is 0 Å². The first-order valence-electron chi connectivity index (χ1n) is 8.49. The molecule has 0 amide bonds. The molecule has 3 rings (SSSR count). The van der Waals surface area contributed by atoms with Crippen LogP contribution in [0.3, 0.4) is 0 Å². The Bertz CT molecular complexity index is 770. The molecule has 0 bridgehead atoms. The number of hydrogen-bond donors (Lipinski definition) is 5. The van der Waals surface area contributed by atoms with Gasteiger partial charge in [0.15, 0.2) is 0 Å². The van der Waals surface area contributed by atoms with Gasteiger partial charge in [0.2, 0.25) is 11.6 Å². The van der Waals surface area contributed by atoms with Gasteiger partial charge in [-0.25, -0.2) is 0 Å². The van der Waals surface area contributed by atoms with Crippen molar-refractivity contribution >= 4 is 10.8 Å². The molecule has 1 saturated heterocycles. The molecule has 2 aromatic carbocycles. The Morgan fingerprint density at radius 1 is 1.04 bits per heavy atom. The van der Waals surface area contributed by atoms with Crippen LogP contribution in [0.1, 0.15) is 19.4 Å². The van der Waals surface area contributed by atoms with Crippen molar-refractivity contribution in [2.75, 3.05) is 6.61 Å². The van der Waals surface area contributed by atoms with Gasteiger partial charge in [-0.3, -0.25) is 0 Å². The van der Waals surface area contributed by atoms with Crippen LogP contribution < -0.4 is 0 Å². The summed E-state index contributed by atoms with van der Waals surface area (Å²) in [6, 6.07) is 12.2. The summed E-state index contributed by atoms with van der Waals surface area (Å²) >= 11 is 0. The Morgan fingerprint density at radius 2 is 1.69 bits per heavy atom. The molecule has 1 heterocycles. The highest BCUT2D eigenvalue weighted by atomic mass is 16.7. The van der Waals surface area contributed by atoms with Gasteiger partial charge in [0.05, 0.1) is 12.7 Å². The zero-order valence-electron chi connectivity index (χ0n) is 14.6. The molecule has 1 aliphatic heterocycles. The summed E-state index contributed by atoms with van der Waals surface area (Å²) in [5, 5.41) is 54.1. The largest absolute Gasteiger partial charge is 0.393 e. The Morgan fingerprint density at radius 3 is 2.35 bits per heavy atom. The van der Waals surface area contributed by atoms with Gasteiger partial charge in [-0.2, -0.15) is 0 Å². The maximum absolute atomic E-state index is 11.1. The van der Waals surface area contributed by atoms with Crippen LogP contribution in [0.25, 0.3) is 10.8 Å². The van der Waals surface area contributed by atoms with Gasteiger partial charge in [0, 0.05) is 5.56 Å². The van der Waals surface area contributed by atoms with Gasteiger partial charge in [0.1, 0.15) is 18.3 Å². The SMILES string of the molecule is CC(C)O[C@@]1(O)[C@H](O)[C@@H](O)[C@](O)(c2cccc3ccccc23)O[C@@H]1CO. The molecule has 0 radical (unpaired) electrons. The third-order valence-corrected chi connectivity index (χ3v) is 4.67. The van der Waals surface area contributed by atoms with Gasteiger partial charge in [0.25, 0.3) is 0 Å². The van der Waals surface area contributed by atoms with E-state index in [4.69, 9.17) is 9.47 Å². The third kappa shape index (κ3) is 2.91. The Kier molecular flexibility index (Phi) is 5.06. The van der Waals surface area contributed by atoms with E-state index in [9.17, 15) is 25.5 Å². The molecule has 5 N–H and O–H groups in total. The molecule has 2 aromatic rings. The lowest BCUT2D eigenvalue weighted by Gasteiger charge is -2.51. The summed E-state index contributed by atoms with van der Waals surface area (Å²) in [5.74, 6) is -4.72. The summed E-state index contributed by atoms with van der Waals surface area (Å²) in [4.78, 5) is 0. The van der Waals surface area contributed by atoms with Crippen LogP contribution in [0.15, 0.2) is 42.5 Å². The second kappa shape index (κ2) is 6.86. The van der Waals surface area contributed by atoms with Crippen molar-refractivity contribution < 1.29 is 35.0 Å². The first-order chi connectivity index (χ1) is 12.2. The lowest BCUT2D eigenvalue weighted by atomic mass is 9.84. The van der Waals surface area contributed by atoms with Crippen LogP contribution >= 0.6 is 0 Å². The molecule has 7 heteroatoms. The molecule has 0 unspecified atom stereocenters. The highest BCUT2D eigenvalue weighted by Crippen LogP contribution is 2.43. The van der Waals surface area contributed by atoms with Gasteiger partial charge in [-0.1, -0.05) is 42.5 Å². The van der Waals surface area contributed by atoms with Crippen molar-refractivity contribution in [3.8, 4) is 0 Å². The highest BCUT2D eigenvalue weighted by molar-refractivity contribution is 5.86. The van der Waals surface area contributed by atoms with E-state index in [0.717, 1.165) is 5.39 Å². The molecule has 1 fully saturated rings. The van der Waals surface area contributed by atoms with E-state index in [-0.39, 0.29) is 5.56 Å². The highest BCUT2D eigenvalue weighted by Gasteiger charge is 2.62. The average Bonchev–Trinajstić information content (AvgIpc) is 2.62. The minimum atomic E-state index is -2.38. The molecule has 0 spiro atoms. The zero-order chi connectivity index (χ0) is 19.1. The second-order valence-electron chi connectivity index (χ2n) is 6.82. The second-order valence-corrected chi connectivity index (χ2v) is 6.82. The number of fused-ring (bicyclic) bond motifs is 1. The van der Waals surface area contributed by atoms with Crippen LogP contribution in [-0.2, 0) is 15.3 Å². The summed E-state index contributed by atoms with van der Waals surface area (Å²) in [6.07, 6.45) is -5.84. The van der Waals surface area contributed by atoms with Crippen molar-refractivity contribution in [1.29, 1.82) is 0 Å². The van der Waals surface area contributed by atoms with Crippen LogP contribution in [-0.4, -0.2) is 62.3 Å². The molecule has 1 aliphatic rings. The van der Waals surface area contributed by atoms with Gasteiger partial charge >= 0.3 is 0 Å². The van der Waals surface area contributed by atoms with Crippen LogP contribution in [0.4, 0.5) is 0 Å². The van der Waals surface area contributed by atoms with E-state index in [1.807, 2.05) is 18.2 Å². The average molecular weight is 364 g/mol. The minimum Gasteiger partial charge on any atom is -0.393 e. The van der Waals surface area contributed by atoms with Crippen LogP contribution in [0.5, 0.6) is 0 Å². The smallest absolute Gasteiger partial charge is 0.224 e. The summed E-state index contributed by atoms with van der Waals surface area (Å²) in [5.41, 5.74) is 0.215. The number of rotatable bonds is 4. The summed E-state index contributed by atoms with van der Waals surface area (Å²) in [6.45, 7) is 2.51. The Labute approximate surface area is 151 Å². The van der Waals surface area contributed by atoms with Gasteiger partial charge in [-0.15, -0.1) is 0 Å². The fraction of sp³-hybridized carbons (Fsp3) is 0.474. The Hall–Kier alpha value is -1.58. The molecule has 26 heavy (non-hydrogen) atoms. The van der Waals surface area contributed by atoms with E-state index in [2.05, 4.69) is 0 Å². The molecule has 142 valence electrons. The molecule has 5 atom stereocenters. The number of hydrogen-bond acceptors (Lipinski definition) is 7. The van der Waals surface area contributed by atoms with Crippen LogP contribution in [0.2, 0.25) is 0 Å². The van der Waals surface area contributed by atoms with Crippen molar-refractivity contribution in [1.82, 2.24) is 0 Å². The Balaban J connectivity index is 2.10. The van der Waals surface area contributed by atoms with E-state index in [1.54, 1.807) is 38.1 Å². The lowest BCUT2D eigenvalue weighted by Crippen LogP contribution is -2.71. The molecule has 0 saturated carbocycles. The molecule has 0 aromatic heterocycles. The normalized spacial score (nSPS) is 35.2. The third-order valence-electron chi connectivity index (χ3n) is 4.67. The van der Waals surface area contributed by atoms with Gasteiger partial charge in [-0.05, 0) is 24.6 Å². The minimum absolute atomic E-state index is 0.215. The molecular formula is C19H24O7. The molecule has 0 aliphatic carbocycles. The standard InChI is InChI=1S/C19H24O7/c1-11(2)25-19(24)15(10-20)26-18(23,16(21)17(19)22)14-9-5-7-12-6-3-4-8-13(12)14/h3-9,11,15-17,20-24H,10H2,1-2H3/t15-,16-,17-,18+,19-/m1/s1. The number of benzene rings is 2. The monoisotopic (exact) mass is 364 g/mol. The zero-order valence-corrected chi connectivity index (χ0v) is 14.6. The van der Waals surface area contributed by atoms with Gasteiger partial charge < -0.3 is 35.0 Å². The van der Waals surface area contributed by atoms with E-state index < -0.39 is 42.6 Å². The lowest BCUT2D eigenvalue weighted by molar-refractivity contribution is -0.436. The molecule has 7 nitrogen and oxygen atoms in total. The fourth-order valence-corrected chi connectivity index (χ4v) is 3.45. The number of ether oxygens (including phenoxy) is 2. The van der Waals surface area contributed by atoms with Crippen molar-refractivity contribution in [3.63, 3.8) is 0 Å². The van der Waals surface area contributed by atoms with Crippen molar-refractivity contribution in [2.45, 2.75) is 49.8 Å². The number of aliphatic hydroxyl groups is 5. The predicted octanol–water partition coefficient (Wildman–Crippen LogP) is 0.211. The predicted molar refractivity (Wildman–Crippen MR) is 93.0 cm³/mol. The summed E-state index contributed by atoms with van der Waals surface area (Å²) in [7, 11) is 0. The summed E-state index contributed by atoms with van der Waals surface area (Å²) < 4.78 is 10.9. The van der Waals surface area contributed by atoms with E-state index in [0.29, 0.717) is 5.39 Å². The van der Waals surface area contributed by atoms with Crippen molar-refractivity contribution in [3.05, 3.63) is 48.0 Å². The maximum Gasteiger partial charge on any atom is 0.224 e. The fourth-order valence-electron chi connectivity index (χ4n) is 3.45. The number of aliphatic hydroxyl groups excluding tert-OH is 3. The van der Waals surface area contributed by atoms with E-state index in [1.165, 1.54) is 0 Å². The topological polar surface area (TPSA) is 120 Å². The van der Waals surface area contributed by atoms with Crippen molar-refractivity contribution in [2.24, 2.45) is 0 Å². The first kappa shape index (κ1) is 19.2. The maximum atomic E-state index is 11.1. The quantitative estimate of drug-likeness (QED) is 0.492. The molecular weight excluding hydrogens is 340 g/mol.